The van der Waals surface area contributed by atoms with E-state index in [1.165, 1.54) is 5.56 Å². The second-order valence-corrected chi connectivity index (χ2v) is 7.05. The molecular weight excluding hydrogens is 455 g/mol. The first kappa shape index (κ1) is 21.7. The Morgan fingerprint density at radius 3 is 2.27 bits per heavy atom. The summed E-state index contributed by atoms with van der Waals surface area (Å²) in [5.74, 6) is 0.911. The maximum Gasteiger partial charge on any atom is 0.193 e. The molecule has 1 aromatic rings. The predicted molar refractivity (Wildman–Crippen MR) is 110 cm³/mol. The number of aliphatic imine (C=N–C) groups is 1. The average molecular weight is 483 g/mol. The highest BCUT2D eigenvalue weighted by Gasteiger charge is 2.09. The van der Waals surface area contributed by atoms with Gasteiger partial charge in [0.15, 0.2) is 5.96 Å². The maximum atomic E-state index is 4.33. The Hall–Kier alpha value is -0.340. The van der Waals surface area contributed by atoms with Gasteiger partial charge in [0.1, 0.15) is 0 Å². The molecule has 4 nitrogen and oxygen atoms in total. The van der Waals surface area contributed by atoms with Crippen LogP contribution in [0.2, 0.25) is 0 Å². The van der Waals surface area contributed by atoms with Crippen LogP contribution in [-0.4, -0.2) is 43.6 Å². The molecule has 22 heavy (non-hydrogen) atoms. The van der Waals surface area contributed by atoms with Crippen molar-refractivity contribution in [3.05, 3.63) is 34.3 Å². The third-order valence-electron chi connectivity index (χ3n) is 2.97. The molecule has 0 unspecified atom stereocenters. The maximum absolute atomic E-state index is 4.33. The van der Waals surface area contributed by atoms with Gasteiger partial charge in [-0.05, 0) is 38.5 Å². The van der Waals surface area contributed by atoms with Crippen molar-refractivity contribution in [2.24, 2.45) is 4.99 Å². The molecule has 0 spiro atoms. The molecule has 0 aromatic heterocycles. The summed E-state index contributed by atoms with van der Waals surface area (Å²) in [6, 6.07) is 8.36. The summed E-state index contributed by atoms with van der Waals surface area (Å²) in [5, 5.41) is 6.83. The molecule has 2 N–H and O–H groups in total. The van der Waals surface area contributed by atoms with Gasteiger partial charge in [-0.3, -0.25) is 4.99 Å². The molecule has 0 bridgehead atoms. The number of hydrogen-bond acceptors (Lipinski definition) is 2. The molecule has 1 aromatic carbocycles. The monoisotopic (exact) mass is 482 g/mol. The lowest BCUT2D eigenvalue weighted by atomic mass is 10.1. The molecule has 0 aliphatic heterocycles. The van der Waals surface area contributed by atoms with Crippen LogP contribution in [0.3, 0.4) is 0 Å². The summed E-state index contributed by atoms with van der Waals surface area (Å²) in [5.41, 5.74) is 1.41. The van der Waals surface area contributed by atoms with Gasteiger partial charge in [-0.2, -0.15) is 0 Å². The number of rotatable bonds is 5. The lowest BCUT2D eigenvalue weighted by Crippen LogP contribution is -2.44. The van der Waals surface area contributed by atoms with E-state index in [2.05, 4.69) is 88.5 Å². The summed E-state index contributed by atoms with van der Waals surface area (Å²) in [4.78, 5) is 6.46. The summed E-state index contributed by atoms with van der Waals surface area (Å²) in [6.07, 6.45) is 0. The highest BCUT2D eigenvalue weighted by atomic mass is 127. The van der Waals surface area contributed by atoms with Crippen molar-refractivity contribution in [2.75, 3.05) is 27.2 Å². The third kappa shape index (κ3) is 8.95. The third-order valence-corrected chi connectivity index (χ3v) is 3.50. The van der Waals surface area contributed by atoms with Crippen LogP contribution in [0.25, 0.3) is 0 Å². The van der Waals surface area contributed by atoms with Crippen LogP contribution in [0.1, 0.15) is 26.3 Å². The molecule has 126 valence electrons. The van der Waals surface area contributed by atoms with Gasteiger partial charge in [-0.15, -0.1) is 24.0 Å². The van der Waals surface area contributed by atoms with Gasteiger partial charge in [-0.1, -0.05) is 28.1 Å². The van der Waals surface area contributed by atoms with Crippen LogP contribution in [0.4, 0.5) is 0 Å². The average Bonchev–Trinajstić information content (AvgIpc) is 2.40. The normalized spacial score (nSPS) is 11.8. The van der Waals surface area contributed by atoms with E-state index in [9.17, 15) is 0 Å². The first-order chi connectivity index (χ1) is 9.81. The Morgan fingerprint density at radius 1 is 1.18 bits per heavy atom. The van der Waals surface area contributed by atoms with Gasteiger partial charge in [0.05, 0.1) is 0 Å². The van der Waals surface area contributed by atoms with Crippen molar-refractivity contribution >= 4 is 45.9 Å². The van der Waals surface area contributed by atoms with Crippen LogP contribution < -0.4 is 10.6 Å². The highest BCUT2D eigenvalue weighted by molar-refractivity contribution is 14.0. The zero-order chi connectivity index (χ0) is 15.9. The van der Waals surface area contributed by atoms with Crippen LogP contribution >= 0.6 is 39.9 Å². The van der Waals surface area contributed by atoms with Gasteiger partial charge in [-0.25, -0.2) is 0 Å². The summed E-state index contributed by atoms with van der Waals surface area (Å²) < 4.78 is 1.10. The molecular formula is C16H28BrIN4. The molecule has 0 saturated heterocycles. The number of nitrogens with zero attached hydrogens (tertiary/aromatic N) is 2. The topological polar surface area (TPSA) is 39.7 Å². The van der Waals surface area contributed by atoms with Crippen molar-refractivity contribution in [3.8, 4) is 0 Å². The van der Waals surface area contributed by atoms with Crippen LogP contribution in [0.15, 0.2) is 33.7 Å². The lowest BCUT2D eigenvalue weighted by Gasteiger charge is -2.24. The van der Waals surface area contributed by atoms with E-state index in [4.69, 9.17) is 0 Å². The van der Waals surface area contributed by atoms with Crippen molar-refractivity contribution in [3.63, 3.8) is 0 Å². The summed E-state index contributed by atoms with van der Waals surface area (Å²) >= 11 is 3.46. The zero-order valence-corrected chi connectivity index (χ0v) is 18.0. The fourth-order valence-electron chi connectivity index (χ4n) is 1.94. The van der Waals surface area contributed by atoms with E-state index in [0.717, 1.165) is 30.1 Å². The van der Waals surface area contributed by atoms with E-state index in [1.807, 2.05) is 7.05 Å². The number of hydrogen-bond donors (Lipinski definition) is 2. The van der Waals surface area contributed by atoms with E-state index >= 15 is 0 Å². The number of benzene rings is 1. The van der Waals surface area contributed by atoms with Gasteiger partial charge >= 0.3 is 0 Å². The molecule has 6 heteroatoms. The molecule has 0 amide bonds. The van der Waals surface area contributed by atoms with Gasteiger partial charge in [0.25, 0.3) is 0 Å². The highest BCUT2D eigenvalue weighted by Crippen LogP contribution is 2.11. The van der Waals surface area contributed by atoms with Gasteiger partial charge in [0.2, 0.25) is 0 Å². The Labute approximate surface area is 160 Å². The first-order valence-corrected chi connectivity index (χ1v) is 8.02. The fraction of sp³-hybridized carbons (Fsp3) is 0.562. The van der Waals surface area contributed by atoms with Crippen LogP contribution in [-0.2, 0) is 6.54 Å². The van der Waals surface area contributed by atoms with Crippen molar-refractivity contribution < 1.29 is 0 Å². The summed E-state index contributed by atoms with van der Waals surface area (Å²) in [6.45, 7) is 9.10. The Bertz CT molecular complexity index is 454. The zero-order valence-electron chi connectivity index (χ0n) is 14.1. The molecule has 0 aliphatic carbocycles. The fourth-order valence-corrected chi connectivity index (χ4v) is 2.20. The SMILES string of the molecule is CN=C(NCCNC(C)(C)C)N(C)Cc1ccc(Br)cc1.I. The first-order valence-electron chi connectivity index (χ1n) is 7.23. The Balaban J connectivity index is 0.00000441. The van der Waals surface area contributed by atoms with Crippen LogP contribution in [0, 0.1) is 0 Å². The van der Waals surface area contributed by atoms with E-state index in [0.29, 0.717) is 0 Å². The second-order valence-electron chi connectivity index (χ2n) is 6.13. The smallest absolute Gasteiger partial charge is 0.193 e. The van der Waals surface area contributed by atoms with Gasteiger partial charge < -0.3 is 15.5 Å². The van der Waals surface area contributed by atoms with Crippen molar-refractivity contribution in [1.29, 1.82) is 0 Å². The molecule has 0 atom stereocenters. The minimum atomic E-state index is 0. The lowest BCUT2D eigenvalue weighted by molar-refractivity contribution is 0.422. The molecule has 0 heterocycles. The molecule has 0 radical (unpaired) electrons. The largest absolute Gasteiger partial charge is 0.355 e. The van der Waals surface area contributed by atoms with E-state index in [1.54, 1.807) is 0 Å². The number of guanidine groups is 1. The van der Waals surface area contributed by atoms with Crippen molar-refractivity contribution in [1.82, 2.24) is 15.5 Å². The standard InChI is InChI=1S/C16H27BrN4.HI/c1-16(2,3)20-11-10-19-15(18-4)21(5)12-13-6-8-14(17)9-7-13;/h6-9,20H,10-12H2,1-5H3,(H,18,19);1H. The Morgan fingerprint density at radius 2 is 1.77 bits per heavy atom. The summed E-state index contributed by atoms with van der Waals surface area (Å²) in [7, 11) is 3.87. The molecule has 0 saturated carbocycles. The number of halogens is 2. The van der Waals surface area contributed by atoms with E-state index < -0.39 is 0 Å². The molecule has 0 fully saturated rings. The van der Waals surface area contributed by atoms with Gasteiger partial charge in [0, 0.05) is 43.7 Å². The molecule has 1 rings (SSSR count). The van der Waals surface area contributed by atoms with E-state index in [-0.39, 0.29) is 29.5 Å². The number of nitrogens with one attached hydrogen (secondary N) is 2. The second kappa shape index (κ2) is 10.4. The Kier molecular flexibility index (Phi) is 10.3. The minimum Gasteiger partial charge on any atom is -0.355 e. The van der Waals surface area contributed by atoms with Crippen molar-refractivity contribution in [2.45, 2.75) is 32.9 Å². The van der Waals surface area contributed by atoms with Crippen LogP contribution in [0.5, 0.6) is 0 Å². The minimum absolute atomic E-state index is 0. The quantitative estimate of drug-likeness (QED) is 0.292. The molecule has 0 aliphatic rings. The predicted octanol–water partition coefficient (Wildman–Crippen LogP) is 3.46.